The summed E-state index contributed by atoms with van der Waals surface area (Å²) in [6.07, 6.45) is 1.34. The summed E-state index contributed by atoms with van der Waals surface area (Å²) in [5, 5.41) is 3.45. The van der Waals surface area contributed by atoms with Crippen LogP contribution in [0.2, 0.25) is 0 Å². The molecular formula is C10H20N4O2. The molecule has 0 aromatic carbocycles. The summed E-state index contributed by atoms with van der Waals surface area (Å²) in [4.78, 5) is 15.4. The number of piperazine rings is 1. The highest BCUT2D eigenvalue weighted by molar-refractivity contribution is 5.68. The Bertz CT molecular complexity index is 264. The van der Waals surface area contributed by atoms with Crippen LogP contribution in [0.1, 0.15) is 20.8 Å². The van der Waals surface area contributed by atoms with Crippen molar-refractivity contribution < 1.29 is 9.53 Å². The molecule has 2 N–H and O–H groups in total. The molecule has 0 atom stereocenters. The molecule has 16 heavy (non-hydrogen) atoms. The standard InChI is InChI=1S/C10H20N4O2/c1-10(2,3)16-9(15)14-6-4-13(5-7-14)8-12-11/h8H,4-7,11H2,1-3H3. The molecule has 6 heteroatoms. The van der Waals surface area contributed by atoms with Crippen molar-refractivity contribution in [2.75, 3.05) is 26.2 Å². The highest BCUT2D eigenvalue weighted by Crippen LogP contribution is 2.11. The average Bonchev–Trinajstić information content (AvgIpc) is 2.16. The first-order valence-corrected chi connectivity index (χ1v) is 5.38. The van der Waals surface area contributed by atoms with Crippen LogP contribution in [0.25, 0.3) is 0 Å². The first kappa shape index (κ1) is 12.6. The Labute approximate surface area is 96.0 Å². The molecule has 1 heterocycles. The van der Waals surface area contributed by atoms with Gasteiger partial charge < -0.3 is 20.4 Å². The predicted octanol–water partition coefficient (Wildman–Crippen LogP) is 0.441. The number of rotatable bonds is 1. The lowest BCUT2D eigenvalue weighted by molar-refractivity contribution is 0.0189. The second-order valence-electron chi connectivity index (χ2n) is 4.77. The third-order valence-electron chi connectivity index (χ3n) is 2.20. The van der Waals surface area contributed by atoms with Crippen molar-refractivity contribution in [3.8, 4) is 0 Å². The van der Waals surface area contributed by atoms with Gasteiger partial charge in [0.25, 0.3) is 0 Å². The molecule has 0 bridgehead atoms. The molecule has 0 aromatic heterocycles. The lowest BCUT2D eigenvalue weighted by Crippen LogP contribution is -2.49. The number of nitrogens with zero attached hydrogens (tertiary/aromatic N) is 3. The van der Waals surface area contributed by atoms with Crippen molar-refractivity contribution in [1.82, 2.24) is 9.80 Å². The molecule has 92 valence electrons. The zero-order chi connectivity index (χ0) is 12.2. The third-order valence-corrected chi connectivity index (χ3v) is 2.20. The molecule has 0 saturated carbocycles. The van der Waals surface area contributed by atoms with Crippen LogP contribution in [0.5, 0.6) is 0 Å². The lowest BCUT2D eigenvalue weighted by Gasteiger charge is -2.34. The molecule has 1 saturated heterocycles. The van der Waals surface area contributed by atoms with E-state index in [1.54, 1.807) is 11.2 Å². The van der Waals surface area contributed by atoms with Gasteiger partial charge >= 0.3 is 6.09 Å². The highest BCUT2D eigenvalue weighted by Gasteiger charge is 2.24. The van der Waals surface area contributed by atoms with Gasteiger partial charge in [-0.05, 0) is 20.8 Å². The van der Waals surface area contributed by atoms with Gasteiger partial charge in [-0.2, -0.15) is 5.10 Å². The Kier molecular flexibility index (Phi) is 3.98. The second-order valence-corrected chi connectivity index (χ2v) is 4.77. The van der Waals surface area contributed by atoms with Gasteiger partial charge in [-0.3, -0.25) is 0 Å². The lowest BCUT2D eigenvalue weighted by atomic mass is 10.2. The Morgan fingerprint density at radius 3 is 2.31 bits per heavy atom. The number of ether oxygens (including phenoxy) is 1. The second kappa shape index (κ2) is 5.05. The molecule has 0 aromatic rings. The topological polar surface area (TPSA) is 71.2 Å². The summed E-state index contributed by atoms with van der Waals surface area (Å²) in [6.45, 7) is 8.34. The Morgan fingerprint density at radius 1 is 1.31 bits per heavy atom. The van der Waals surface area contributed by atoms with E-state index in [2.05, 4.69) is 5.10 Å². The van der Waals surface area contributed by atoms with Crippen LogP contribution in [-0.4, -0.2) is 54.0 Å². The van der Waals surface area contributed by atoms with Gasteiger partial charge in [-0.25, -0.2) is 4.79 Å². The van der Waals surface area contributed by atoms with E-state index in [1.165, 1.54) is 0 Å². The predicted molar refractivity (Wildman–Crippen MR) is 62.1 cm³/mol. The largest absolute Gasteiger partial charge is 0.444 e. The normalized spacial score (nSPS) is 17.9. The zero-order valence-corrected chi connectivity index (χ0v) is 10.1. The SMILES string of the molecule is CC(C)(C)OC(=O)N1CCN(C=NN)CC1. The van der Waals surface area contributed by atoms with E-state index in [0.29, 0.717) is 13.1 Å². The van der Waals surface area contributed by atoms with Crippen LogP contribution in [0, 0.1) is 0 Å². The maximum atomic E-state index is 11.7. The van der Waals surface area contributed by atoms with Crippen LogP contribution in [0.3, 0.4) is 0 Å². The van der Waals surface area contributed by atoms with E-state index >= 15 is 0 Å². The van der Waals surface area contributed by atoms with Gasteiger partial charge in [-0.1, -0.05) is 0 Å². The molecule has 6 nitrogen and oxygen atoms in total. The van der Waals surface area contributed by atoms with Crippen LogP contribution >= 0.6 is 0 Å². The van der Waals surface area contributed by atoms with Crippen molar-refractivity contribution in [2.45, 2.75) is 26.4 Å². The Morgan fingerprint density at radius 2 is 1.88 bits per heavy atom. The fraction of sp³-hybridized carbons (Fsp3) is 0.800. The van der Waals surface area contributed by atoms with E-state index in [4.69, 9.17) is 10.6 Å². The molecule has 1 rings (SSSR count). The number of carbonyl (C=O) groups is 1. The molecule has 0 aliphatic carbocycles. The van der Waals surface area contributed by atoms with Gasteiger partial charge in [0.1, 0.15) is 11.9 Å². The summed E-state index contributed by atoms with van der Waals surface area (Å²) < 4.78 is 5.28. The van der Waals surface area contributed by atoms with Crippen molar-refractivity contribution in [3.63, 3.8) is 0 Å². The van der Waals surface area contributed by atoms with Crippen LogP contribution in [0.15, 0.2) is 5.10 Å². The first-order valence-electron chi connectivity index (χ1n) is 5.38. The summed E-state index contributed by atoms with van der Waals surface area (Å²) >= 11 is 0. The molecular weight excluding hydrogens is 208 g/mol. The summed E-state index contributed by atoms with van der Waals surface area (Å²) in [6, 6.07) is 0. The minimum atomic E-state index is -0.438. The molecule has 1 aliphatic rings. The quantitative estimate of drug-likeness (QED) is 0.306. The fourth-order valence-electron chi connectivity index (χ4n) is 1.44. The van der Waals surface area contributed by atoms with Gasteiger partial charge in [0, 0.05) is 26.2 Å². The summed E-state index contributed by atoms with van der Waals surface area (Å²) in [5.74, 6) is 5.06. The monoisotopic (exact) mass is 228 g/mol. The van der Waals surface area contributed by atoms with Gasteiger partial charge in [0.2, 0.25) is 0 Å². The van der Waals surface area contributed by atoms with Crippen LogP contribution in [-0.2, 0) is 4.74 Å². The van der Waals surface area contributed by atoms with Crippen molar-refractivity contribution >= 4 is 12.4 Å². The van der Waals surface area contributed by atoms with E-state index in [-0.39, 0.29) is 6.09 Å². The number of amides is 1. The molecule has 0 unspecified atom stereocenters. The summed E-state index contributed by atoms with van der Waals surface area (Å²) in [7, 11) is 0. The number of hydrazone groups is 1. The minimum Gasteiger partial charge on any atom is -0.444 e. The van der Waals surface area contributed by atoms with E-state index in [9.17, 15) is 4.79 Å². The Balaban J connectivity index is 2.39. The van der Waals surface area contributed by atoms with E-state index in [1.807, 2.05) is 25.7 Å². The van der Waals surface area contributed by atoms with Crippen molar-refractivity contribution in [1.29, 1.82) is 0 Å². The number of carbonyl (C=O) groups excluding carboxylic acids is 1. The molecule has 0 spiro atoms. The first-order chi connectivity index (χ1) is 7.42. The van der Waals surface area contributed by atoms with Gasteiger partial charge in [0.05, 0.1) is 0 Å². The highest BCUT2D eigenvalue weighted by atomic mass is 16.6. The van der Waals surface area contributed by atoms with Gasteiger partial charge in [0.15, 0.2) is 0 Å². The number of nitrogens with two attached hydrogens (primary N) is 1. The van der Waals surface area contributed by atoms with Crippen molar-refractivity contribution in [3.05, 3.63) is 0 Å². The maximum absolute atomic E-state index is 11.7. The fourth-order valence-corrected chi connectivity index (χ4v) is 1.44. The molecule has 1 aliphatic heterocycles. The number of hydrogen-bond donors (Lipinski definition) is 1. The maximum Gasteiger partial charge on any atom is 0.410 e. The average molecular weight is 228 g/mol. The number of hydrogen-bond acceptors (Lipinski definition) is 4. The van der Waals surface area contributed by atoms with Crippen LogP contribution in [0.4, 0.5) is 4.79 Å². The molecule has 0 radical (unpaired) electrons. The van der Waals surface area contributed by atoms with E-state index in [0.717, 1.165) is 13.1 Å². The molecule has 1 amide bonds. The zero-order valence-electron chi connectivity index (χ0n) is 10.1. The molecule has 1 fully saturated rings. The van der Waals surface area contributed by atoms with Crippen molar-refractivity contribution in [2.24, 2.45) is 10.9 Å². The van der Waals surface area contributed by atoms with Gasteiger partial charge in [-0.15, -0.1) is 0 Å². The van der Waals surface area contributed by atoms with E-state index < -0.39 is 5.60 Å². The third kappa shape index (κ3) is 3.96. The smallest absolute Gasteiger partial charge is 0.410 e. The summed E-state index contributed by atoms with van der Waals surface area (Å²) in [5.41, 5.74) is -0.438. The Hall–Kier alpha value is -1.46. The van der Waals surface area contributed by atoms with Crippen LogP contribution < -0.4 is 5.84 Å². The minimum absolute atomic E-state index is 0.253.